The fraction of sp³-hybridized carbons (Fsp3) is 0.500. The maximum atomic E-state index is 9.68. The minimum absolute atomic E-state index is 0.238. The van der Waals surface area contributed by atoms with Crippen LogP contribution in [0, 0.1) is 11.3 Å². The monoisotopic (exact) mass is 245 g/mol. The van der Waals surface area contributed by atoms with Crippen LogP contribution in [0.2, 0.25) is 0 Å². The molecule has 1 unspecified atom stereocenters. The summed E-state index contributed by atoms with van der Waals surface area (Å²) in [5.74, 6) is 0.238. The maximum absolute atomic E-state index is 9.68. The van der Waals surface area contributed by atoms with Crippen LogP contribution in [0.25, 0.3) is 0 Å². The quantitative estimate of drug-likeness (QED) is 0.845. The average Bonchev–Trinajstić information content (AvgIpc) is 2.44. The van der Waals surface area contributed by atoms with Crippen LogP contribution in [0.15, 0.2) is 24.3 Å². The zero-order valence-electron chi connectivity index (χ0n) is 10.7. The number of benzene rings is 1. The largest absolute Gasteiger partial charge is 0.508 e. The predicted octanol–water partition coefficient (Wildman–Crippen LogP) is 1.43. The smallest absolute Gasteiger partial charge is 0.134 e. The third-order valence-electron chi connectivity index (χ3n) is 3.70. The van der Waals surface area contributed by atoms with Crippen LogP contribution >= 0.6 is 0 Å². The van der Waals surface area contributed by atoms with Crippen molar-refractivity contribution in [1.29, 1.82) is 5.26 Å². The number of rotatable bonds is 3. The molecule has 4 nitrogen and oxygen atoms in total. The van der Waals surface area contributed by atoms with E-state index in [2.05, 4.69) is 16.3 Å². The van der Waals surface area contributed by atoms with Gasteiger partial charge < -0.3 is 10.4 Å². The van der Waals surface area contributed by atoms with Gasteiger partial charge in [0.2, 0.25) is 0 Å². The van der Waals surface area contributed by atoms with E-state index < -0.39 is 5.54 Å². The van der Waals surface area contributed by atoms with Gasteiger partial charge >= 0.3 is 0 Å². The van der Waals surface area contributed by atoms with Crippen LogP contribution in [0.1, 0.15) is 18.9 Å². The summed E-state index contributed by atoms with van der Waals surface area (Å²) in [6.07, 6.45) is 0.744. The molecule has 1 aliphatic heterocycles. The highest BCUT2D eigenvalue weighted by Crippen LogP contribution is 2.32. The molecule has 1 aliphatic rings. The van der Waals surface area contributed by atoms with Gasteiger partial charge in [0.1, 0.15) is 11.3 Å². The number of nitrogens with zero attached hydrogens (tertiary/aromatic N) is 2. The minimum atomic E-state index is -0.574. The second-order valence-electron chi connectivity index (χ2n) is 4.61. The Labute approximate surface area is 108 Å². The first-order valence-corrected chi connectivity index (χ1v) is 6.39. The van der Waals surface area contributed by atoms with Gasteiger partial charge in [-0.1, -0.05) is 19.1 Å². The third kappa shape index (κ3) is 2.20. The van der Waals surface area contributed by atoms with Gasteiger partial charge in [-0.15, -0.1) is 0 Å². The summed E-state index contributed by atoms with van der Waals surface area (Å²) in [7, 11) is 0. The molecule has 2 rings (SSSR count). The van der Waals surface area contributed by atoms with Gasteiger partial charge in [0.15, 0.2) is 0 Å². The predicted molar refractivity (Wildman–Crippen MR) is 70.1 cm³/mol. The Morgan fingerprint density at radius 1 is 1.33 bits per heavy atom. The van der Waals surface area contributed by atoms with E-state index in [1.807, 2.05) is 19.1 Å². The molecule has 1 fully saturated rings. The summed E-state index contributed by atoms with van der Waals surface area (Å²) in [6, 6.07) is 9.49. The number of phenols is 1. The van der Waals surface area contributed by atoms with Gasteiger partial charge in [0.25, 0.3) is 0 Å². The Balaban J connectivity index is 2.36. The fourth-order valence-corrected chi connectivity index (χ4v) is 2.61. The number of hydrogen-bond donors (Lipinski definition) is 2. The van der Waals surface area contributed by atoms with Gasteiger partial charge in [-0.25, -0.2) is 0 Å². The second-order valence-corrected chi connectivity index (χ2v) is 4.61. The molecule has 2 N–H and O–H groups in total. The Hall–Kier alpha value is -1.57. The molecule has 1 heterocycles. The van der Waals surface area contributed by atoms with Crippen LogP contribution < -0.4 is 5.32 Å². The van der Waals surface area contributed by atoms with Gasteiger partial charge in [-0.3, -0.25) is 4.90 Å². The lowest BCUT2D eigenvalue weighted by molar-refractivity contribution is 0.113. The van der Waals surface area contributed by atoms with Crippen molar-refractivity contribution in [3.63, 3.8) is 0 Å². The summed E-state index contributed by atoms with van der Waals surface area (Å²) in [5.41, 5.74) is 0.391. The summed E-state index contributed by atoms with van der Waals surface area (Å²) >= 11 is 0. The minimum Gasteiger partial charge on any atom is -0.508 e. The van der Waals surface area contributed by atoms with E-state index in [0.717, 1.165) is 38.2 Å². The number of nitriles is 1. The molecule has 0 amide bonds. The Kier molecular flexibility index (Phi) is 3.85. The van der Waals surface area contributed by atoms with Crippen molar-refractivity contribution < 1.29 is 5.11 Å². The Morgan fingerprint density at radius 2 is 1.94 bits per heavy atom. The molecule has 0 aliphatic carbocycles. The molecule has 1 aromatic carbocycles. The van der Waals surface area contributed by atoms with Crippen LogP contribution in [0.5, 0.6) is 5.75 Å². The zero-order valence-corrected chi connectivity index (χ0v) is 10.7. The van der Waals surface area contributed by atoms with Crippen LogP contribution in [-0.2, 0) is 5.54 Å². The van der Waals surface area contributed by atoms with Crippen molar-refractivity contribution in [2.45, 2.75) is 18.9 Å². The lowest BCUT2D eigenvalue weighted by Crippen LogP contribution is -2.53. The standard InChI is InChI=1S/C14H19N3O/c1-2-14(11-15,17-9-7-16-8-10-17)12-3-5-13(18)6-4-12/h3-6,16,18H,2,7-10H2,1H3. The van der Waals surface area contributed by atoms with E-state index in [4.69, 9.17) is 0 Å². The molecule has 0 aromatic heterocycles. The molecule has 0 spiro atoms. The topological polar surface area (TPSA) is 59.3 Å². The lowest BCUT2D eigenvalue weighted by atomic mass is 9.86. The van der Waals surface area contributed by atoms with Crippen molar-refractivity contribution in [3.05, 3.63) is 29.8 Å². The summed E-state index contributed by atoms with van der Waals surface area (Å²) < 4.78 is 0. The highest BCUT2D eigenvalue weighted by atomic mass is 16.3. The van der Waals surface area contributed by atoms with Crippen LogP contribution in [0.3, 0.4) is 0 Å². The van der Waals surface area contributed by atoms with Crippen molar-refractivity contribution in [2.24, 2.45) is 0 Å². The number of hydrogen-bond acceptors (Lipinski definition) is 4. The molecule has 1 atom stereocenters. The molecule has 4 heteroatoms. The van der Waals surface area contributed by atoms with E-state index in [9.17, 15) is 10.4 Å². The van der Waals surface area contributed by atoms with Gasteiger partial charge in [-0.05, 0) is 24.1 Å². The number of phenolic OH excluding ortho intramolecular Hbond substituents is 1. The maximum Gasteiger partial charge on any atom is 0.134 e. The fourth-order valence-electron chi connectivity index (χ4n) is 2.61. The number of aromatic hydroxyl groups is 1. The van der Waals surface area contributed by atoms with E-state index in [0.29, 0.717) is 0 Å². The van der Waals surface area contributed by atoms with Crippen molar-refractivity contribution >= 4 is 0 Å². The Morgan fingerprint density at radius 3 is 2.44 bits per heavy atom. The molecule has 0 bridgehead atoms. The van der Waals surface area contributed by atoms with Crippen molar-refractivity contribution in [3.8, 4) is 11.8 Å². The van der Waals surface area contributed by atoms with E-state index in [1.54, 1.807) is 12.1 Å². The molecule has 1 aromatic rings. The molecule has 18 heavy (non-hydrogen) atoms. The highest BCUT2D eigenvalue weighted by molar-refractivity contribution is 5.35. The molecule has 1 saturated heterocycles. The SMILES string of the molecule is CCC(C#N)(c1ccc(O)cc1)N1CCNCC1. The molecular weight excluding hydrogens is 226 g/mol. The van der Waals surface area contributed by atoms with Crippen LogP contribution in [0.4, 0.5) is 0 Å². The summed E-state index contributed by atoms with van der Waals surface area (Å²) in [4.78, 5) is 2.23. The van der Waals surface area contributed by atoms with Crippen molar-refractivity contribution in [1.82, 2.24) is 10.2 Å². The second kappa shape index (κ2) is 5.38. The normalized spacial score (nSPS) is 20.0. The molecule has 0 radical (unpaired) electrons. The first-order valence-electron chi connectivity index (χ1n) is 6.39. The summed E-state index contributed by atoms with van der Waals surface area (Å²) in [6.45, 7) is 5.63. The summed E-state index contributed by atoms with van der Waals surface area (Å²) in [5, 5.41) is 22.4. The van der Waals surface area contributed by atoms with E-state index in [-0.39, 0.29) is 5.75 Å². The average molecular weight is 245 g/mol. The van der Waals surface area contributed by atoms with Gasteiger partial charge in [0, 0.05) is 26.2 Å². The van der Waals surface area contributed by atoms with Gasteiger partial charge in [0.05, 0.1) is 6.07 Å². The van der Waals surface area contributed by atoms with Crippen LogP contribution in [-0.4, -0.2) is 36.2 Å². The number of piperazine rings is 1. The third-order valence-corrected chi connectivity index (χ3v) is 3.70. The molecular formula is C14H19N3O. The zero-order chi connectivity index (χ0) is 13.0. The Bertz CT molecular complexity index is 431. The van der Waals surface area contributed by atoms with E-state index >= 15 is 0 Å². The molecule has 0 saturated carbocycles. The first kappa shape index (κ1) is 12.9. The van der Waals surface area contributed by atoms with E-state index in [1.165, 1.54) is 0 Å². The number of nitrogens with one attached hydrogen (secondary N) is 1. The van der Waals surface area contributed by atoms with Crippen molar-refractivity contribution in [2.75, 3.05) is 26.2 Å². The first-order chi connectivity index (χ1) is 8.73. The lowest BCUT2D eigenvalue weighted by Gasteiger charge is -2.41. The molecule has 96 valence electrons. The van der Waals surface area contributed by atoms with Gasteiger partial charge in [-0.2, -0.15) is 5.26 Å². The highest BCUT2D eigenvalue weighted by Gasteiger charge is 2.37.